The van der Waals surface area contributed by atoms with Crippen molar-refractivity contribution in [1.82, 2.24) is 25.0 Å². The number of ether oxygens (including phenoxy) is 1. The van der Waals surface area contributed by atoms with E-state index in [9.17, 15) is 18.0 Å². The van der Waals surface area contributed by atoms with Gasteiger partial charge in [0, 0.05) is 19.6 Å². The lowest BCUT2D eigenvalue weighted by Gasteiger charge is -2.35. The first kappa shape index (κ1) is 18.0. The van der Waals surface area contributed by atoms with Gasteiger partial charge < -0.3 is 19.5 Å². The molecule has 1 fully saturated rings. The molecule has 1 saturated heterocycles. The van der Waals surface area contributed by atoms with E-state index in [4.69, 9.17) is 4.74 Å². The van der Waals surface area contributed by atoms with Gasteiger partial charge >= 0.3 is 6.18 Å². The predicted octanol–water partition coefficient (Wildman–Crippen LogP) is 0.438. The van der Waals surface area contributed by atoms with Gasteiger partial charge in [0.1, 0.15) is 6.04 Å². The standard InChI is InChI=1S/C12H16F3N5O2.ClH/c1-7-9(16-2-5-22-7)10(21)19-3-4-20-8(6-19)17-18-11(20)12(13,14)15;/h7,9,16H,2-6H2,1H3;1H/t7-,9+;/m1./s1. The number of alkyl halides is 3. The number of hydrogen-bond donors (Lipinski definition) is 1. The van der Waals surface area contributed by atoms with Gasteiger partial charge in [0.05, 0.1) is 19.3 Å². The second-order valence-electron chi connectivity index (χ2n) is 5.36. The smallest absolute Gasteiger partial charge is 0.375 e. The van der Waals surface area contributed by atoms with Crippen molar-refractivity contribution in [2.75, 3.05) is 19.7 Å². The zero-order valence-electron chi connectivity index (χ0n) is 12.3. The van der Waals surface area contributed by atoms with Crippen molar-refractivity contribution < 1.29 is 22.7 Å². The van der Waals surface area contributed by atoms with Crippen molar-refractivity contribution in [3.63, 3.8) is 0 Å². The van der Waals surface area contributed by atoms with E-state index in [1.807, 2.05) is 0 Å². The molecular formula is C12H17ClF3N5O2. The van der Waals surface area contributed by atoms with Crippen LogP contribution in [0.1, 0.15) is 18.6 Å². The molecular weight excluding hydrogens is 339 g/mol. The highest BCUT2D eigenvalue weighted by Crippen LogP contribution is 2.29. The number of amides is 1. The number of fused-ring (bicyclic) bond motifs is 1. The summed E-state index contributed by atoms with van der Waals surface area (Å²) in [7, 11) is 0. The third-order valence-corrected chi connectivity index (χ3v) is 3.90. The average Bonchev–Trinajstić information content (AvgIpc) is 2.90. The van der Waals surface area contributed by atoms with Crippen molar-refractivity contribution in [3.05, 3.63) is 11.6 Å². The largest absolute Gasteiger partial charge is 0.451 e. The first-order chi connectivity index (χ1) is 10.4. The molecule has 3 rings (SSSR count). The van der Waals surface area contributed by atoms with Gasteiger partial charge in [-0.25, -0.2) is 0 Å². The van der Waals surface area contributed by atoms with Crippen LogP contribution in [0.25, 0.3) is 0 Å². The maximum Gasteiger partial charge on any atom is 0.451 e. The van der Waals surface area contributed by atoms with E-state index in [0.29, 0.717) is 13.2 Å². The molecule has 1 aromatic rings. The van der Waals surface area contributed by atoms with Crippen LogP contribution in [0.3, 0.4) is 0 Å². The van der Waals surface area contributed by atoms with Gasteiger partial charge in [0.15, 0.2) is 5.82 Å². The van der Waals surface area contributed by atoms with Gasteiger partial charge in [0.25, 0.3) is 0 Å². The summed E-state index contributed by atoms with van der Waals surface area (Å²) in [6.45, 7) is 3.15. The Labute approximate surface area is 136 Å². The van der Waals surface area contributed by atoms with Gasteiger partial charge in [-0.15, -0.1) is 22.6 Å². The molecule has 0 aromatic carbocycles. The van der Waals surface area contributed by atoms with Crippen molar-refractivity contribution >= 4 is 18.3 Å². The van der Waals surface area contributed by atoms with Gasteiger partial charge in [0.2, 0.25) is 11.7 Å². The van der Waals surface area contributed by atoms with Crippen LogP contribution in [0.4, 0.5) is 13.2 Å². The Morgan fingerprint density at radius 2 is 2.09 bits per heavy atom. The molecule has 0 unspecified atom stereocenters. The molecule has 1 amide bonds. The number of carbonyl (C=O) groups excluding carboxylic acids is 1. The molecule has 3 heterocycles. The summed E-state index contributed by atoms with van der Waals surface area (Å²) in [5.41, 5.74) is 0. The van der Waals surface area contributed by atoms with E-state index in [1.165, 1.54) is 4.90 Å². The topological polar surface area (TPSA) is 72.3 Å². The van der Waals surface area contributed by atoms with E-state index in [0.717, 1.165) is 4.57 Å². The molecule has 23 heavy (non-hydrogen) atoms. The monoisotopic (exact) mass is 355 g/mol. The van der Waals surface area contributed by atoms with Crippen LogP contribution in [-0.4, -0.2) is 57.4 Å². The van der Waals surface area contributed by atoms with E-state index in [2.05, 4.69) is 15.5 Å². The molecule has 2 atom stereocenters. The summed E-state index contributed by atoms with van der Waals surface area (Å²) < 4.78 is 44.8. The molecule has 130 valence electrons. The molecule has 11 heteroatoms. The van der Waals surface area contributed by atoms with Gasteiger partial charge in [-0.05, 0) is 6.92 Å². The highest BCUT2D eigenvalue weighted by atomic mass is 35.5. The third kappa shape index (κ3) is 3.43. The molecule has 2 aliphatic rings. The van der Waals surface area contributed by atoms with E-state index < -0.39 is 18.0 Å². The maximum absolute atomic E-state index is 12.8. The number of aromatic nitrogens is 3. The number of halogens is 4. The van der Waals surface area contributed by atoms with Crippen LogP contribution in [0.5, 0.6) is 0 Å². The van der Waals surface area contributed by atoms with Crippen LogP contribution in [0.15, 0.2) is 0 Å². The van der Waals surface area contributed by atoms with E-state index >= 15 is 0 Å². The lowest BCUT2D eigenvalue weighted by Crippen LogP contribution is -2.57. The van der Waals surface area contributed by atoms with Crippen LogP contribution in [0, 0.1) is 0 Å². The van der Waals surface area contributed by atoms with Crippen molar-refractivity contribution in [2.24, 2.45) is 0 Å². The summed E-state index contributed by atoms with van der Waals surface area (Å²) in [5.74, 6) is -1.05. The Kier molecular flexibility index (Phi) is 5.17. The Morgan fingerprint density at radius 1 is 1.35 bits per heavy atom. The molecule has 0 bridgehead atoms. The Morgan fingerprint density at radius 3 is 2.74 bits per heavy atom. The number of nitrogens with zero attached hydrogens (tertiary/aromatic N) is 4. The number of hydrogen-bond acceptors (Lipinski definition) is 5. The third-order valence-electron chi connectivity index (χ3n) is 3.90. The SMILES string of the molecule is C[C@H]1OCCN[C@@H]1C(=O)N1CCn2c(nnc2C(F)(F)F)C1.Cl. The van der Waals surface area contributed by atoms with Gasteiger partial charge in [-0.1, -0.05) is 0 Å². The summed E-state index contributed by atoms with van der Waals surface area (Å²) in [5, 5.41) is 9.85. The van der Waals surface area contributed by atoms with Crippen LogP contribution < -0.4 is 5.32 Å². The number of rotatable bonds is 1. The predicted molar refractivity (Wildman–Crippen MR) is 74.9 cm³/mol. The summed E-state index contributed by atoms with van der Waals surface area (Å²) >= 11 is 0. The average molecular weight is 356 g/mol. The molecule has 0 aliphatic carbocycles. The van der Waals surface area contributed by atoms with Crippen molar-refractivity contribution in [2.45, 2.75) is 38.3 Å². The van der Waals surface area contributed by atoms with E-state index in [-0.39, 0.29) is 49.9 Å². The van der Waals surface area contributed by atoms with Crippen molar-refractivity contribution in [1.29, 1.82) is 0 Å². The fourth-order valence-corrected chi connectivity index (χ4v) is 2.76. The maximum atomic E-state index is 12.8. The first-order valence-corrected chi connectivity index (χ1v) is 7.01. The molecule has 2 aliphatic heterocycles. The normalized spacial score (nSPS) is 24.8. The Hall–Kier alpha value is -1.39. The van der Waals surface area contributed by atoms with Gasteiger partial charge in [-0.2, -0.15) is 13.2 Å². The Balaban J connectivity index is 0.00000192. The minimum Gasteiger partial charge on any atom is -0.375 e. The quantitative estimate of drug-likeness (QED) is 0.791. The first-order valence-electron chi connectivity index (χ1n) is 7.01. The molecule has 0 radical (unpaired) electrons. The molecule has 1 N–H and O–H groups in total. The molecule has 0 saturated carbocycles. The summed E-state index contributed by atoms with van der Waals surface area (Å²) in [4.78, 5) is 14.0. The zero-order chi connectivity index (χ0) is 15.9. The van der Waals surface area contributed by atoms with Crippen LogP contribution in [-0.2, 0) is 28.8 Å². The minimum atomic E-state index is -4.54. The lowest BCUT2D eigenvalue weighted by molar-refractivity contribution is -0.148. The number of morpholine rings is 1. The summed E-state index contributed by atoms with van der Waals surface area (Å²) in [6, 6.07) is -0.481. The number of carbonyl (C=O) groups is 1. The lowest BCUT2D eigenvalue weighted by atomic mass is 10.1. The second kappa shape index (κ2) is 6.62. The highest BCUT2D eigenvalue weighted by molar-refractivity contribution is 5.85. The minimum absolute atomic E-state index is 0. The fraction of sp³-hybridized carbons (Fsp3) is 0.750. The van der Waals surface area contributed by atoms with Gasteiger partial charge in [-0.3, -0.25) is 4.79 Å². The van der Waals surface area contributed by atoms with Crippen LogP contribution in [0.2, 0.25) is 0 Å². The molecule has 0 spiro atoms. The fourth-order valence-electron chi connectivity index (χ4n) is 2.76. The van der Waals surface area contributed by atoms with Crippen molar-refractivity contribution in [3.8, 4) is 0 Å². The zero-order valence-corrected chi connectivity index (χ0v) is 13.2. The number of nitrogens with one attached hydrogen (secondary N) is 1. The Bertz CT molecular complexity index is 580. The van der Waals surface area contributed by atoms with Crippen LogP contribution >= 0.6 is 12.4 Å². The molecule has 7 nitrogen and oxygen atoms in total. The highest BCUT2D eigenvalue weighted by Gasteiger charge is 2.41. The van der Waals surface area contributed by atoms with E-state index in [1.54, 1.807) is 6.92 Å². The molecule has 1 aromatic heterocycles. The summed E-state index contributed by atoms with van der Waals surface area (Å²) in [6.07, 6.45) is -4.81. The second-order valence-corrected chi connectivity index (χ2v) is 5.36.